The zero-order chi connectivity index (χ0) is 14.5. The van der Waals surface area contributed by atoms with Gasteiger partial charge < -0.3 is 5.32 Å². The van der Waals surface area contributed by atoms with Crippen molar-refractivity contribution < 1.29 is 0 Å². The van der Waals surface area contributed by atoms with Crippen LogP contribution in [0.5, 0.6) is 0 Å². The number of hydrogen-bond donors (Lipinski definition) is 1. The molecule has 0 bridgehead atoms. The SMILES string of the molecule is CCSc1c(CNC(C)C)c(C)nn1-c1ccccc1. The second-order valence-electron chi connectivity index (χ2n) is 5.09. The summed E-state index contributed by atoms with van der Waals surface area (Å²) >= 11 is 1.86. The van der Waals surface area contributed by atoms with E-state index >= 15 is 0 Å². The van der Waals surface area contributed by atoms with E-state index in [4.69, 9.17) is 5.10 Å². The van der Waals surface area contributed by atoms with E-state index in [-0.39, 0.29) is 0 Å². The predicted molar refractivity (Wildman–Crippen MR) is 86.7 cm³/mol. The number of rotatable bonds is 6. The molecule has 3 nitrogen and oxygen atoms in total. The van der Waals surface area contributed by atoms with Gasteiger partial charge in [-0.2, -0.15) is 5.10 Å². The fourth-order valence-electron chi connectivity index (χ4n) is 2.08. The van der Waals surface area contributed by atoms with Gasteiger partial charge in [0.2, 0.25) is 0 Å². The number of aromatic nitrogens is 2. The Kier molecular flexibility index (Phi) is 5.26. The summed E-state index contributed by atoms with van der Waals surface area (Å²) in [6.07, 6.45) is 0. The van der Waals surface area contributed by atoms with Crippen molar-refractivity contribution in [1.29, 1.82) is 0 Å². The van der Waals surface area contributed by atoms with E-state index in [1.165, 1.54) is 10.6 Å². The second kappa shape index (κ2) is 6.95. The second-order valence-corrected chi connectivity index (χ2v) is 6.34. The van der Waals surface area contributed by atoms with E-state index in [0.29, 0.717) is 6.04 Å². The maximum atomic E-state index is 4.73. The molecule has 0 aliphatic heterocycles. The third kappa shape index (κ3) is 3.44. The Morgan fingerprint density at radius 2 is 1.95 bits per heavy atom. The highest BCUT2D eigenvalue weighted by atomic mass is 32.2. The molecule has 2 aromatic rings. The van der Waals surface area contributed by atoms with Crippen LogP contribution in [-0.2, 0) is 6.54 Å². The Labute approximate surface area is 125 Å². The fraction of sp³-hybridized carbons (Fsp3) is 0.438. The van der Waals surface area contributed by atoms with Gasteiger partial charge in [0, 0.05) is 18.2 Å². The van der Waals surface area contributed by atoms with Crippen LogP contribution in [0.15, 0.2) is 35.4 Å². The van der Waals surface area contributed by atoms with Crippen molar-refractivity contribution in [2.75, 3.05) is 5.75 Å². The van der Waals surface area contributed by atoms with Crippen molar-refractivity contribution in [2.45, 2.75) is 45.3 Å². The van der Waals surface area contributed by atoms with Crippen molar-refractivity contribution >= 4 is 11.8 Å². The summed E-state index contributed by atoms with van der Waals surface area (Å²) in [5.41, 5.74) is 3.55. The molecule has 0 aliphatic rings. The zero-order valence-corrected chi connectivity index (χ0v) is 13.5. The number of benzene rings is 1. The van der Waals surface area contributed by atoms with Crippen molar-refractivity contribution in [3.63, 3.8) is 0 Å². The highest BCUT2D eigenvalue weighted by molar-refractivity contribution is 7.99. The van der Waals surface area contributed by atoms with Crippen LogP contribution >= 0.6 is 11.8 Å². The molecule has 108 valence electrons. The highest BCUT2D eigenvalue weighted by Gasteiger charge is 2.16. The number of nitrogens with zero attached hydrogens (tertiary/aromatic N) is 2. The first-order valence-corrected chi connectivity index (χ1v) is 8.12. The number of para-hydroxylation sites is 1. The third-order valence-corrected chi connectivity index (χ3v) is 4.09. The van der Waals surface area contributed by atoms with Gasteiger partial charge in [0.05, 0.1) is 11.4 Å². The minimum absolute atomic E-state index is 0.481. The molecule has 0 radical (unpaired) electrons. The van der Waals surface area contributed by atoms with E-state index in [0.717, 1.165) is 23.7 Å². The molecule has 0 amide bonds. The van der Waals surface area contributed by atoms with Crippen LogP contribution < -0.4 is 5.32 Å². The number of hydrogen-bond acceptors (Lipinski definition) is 3. The van der Waals surface area contributed by atoms with Crippen LogP contribution in [0.1, 0.15) is 32.0 Å². The van der Waals surface area contributed by atoms with Crippen LogP contribution in [0.3, 0.4) is 0 Å². The molecule has 1 aromatic heterocycles. The van der Waals surface area contributed by atoms with Crippen LogP contribution in [0.4, 0.5) is 0 Å². The predicted octanol–water partition coefficient (Wildman–Crippen LogP) is 3.79. The van der Waals surface area contributed by atoms with Crippen molar-refractivity contribution in [3.05, 3.63) is 41.6 Å². The van der Waals surface area contributed by atoms with Crippen LogP contribution in [0, 0.1) is 6.92 Å². The minimum Gasteiger partial charge on any atom is -0.310 e. The molecule has 0 unspecified atom stereocenters. The average molecular weight is 289 g/mol. The Morgan fingerprint density at radius 3 is 2.55 bits per heavy atom. The number of aryl methyl sites for hydroxylation is 1. The van der Waals surface area contributed by atoms with E-state index in [1.807, 2.05) is 17.8 Å². The van der Waals surface area contributed by atoms with Gasteiger partial charge in [-0.15, -0.1) is 11.8 Å². The van der Waals surface area contributed by atoms with Gasteiger partial charge >= 0.3 is 0 Å². The smallest absolute Gasteiger partial charge is 0.105 e. The molecule has 1 N–H and O–H groups in total. The minimum atomic E-state index is 0.481. The van der Waals surface area contributed by atoms with Gasteiger partial charge in [-0.3, -0.25) is 0 Å². The van der Waals surface area contributed by atoms with E-state index in [1.54, 1.807) is 0 Å². The molecule has 1 aromatic carbocycles. The average Bonchev–Trinajstić information content (AvgIpc) is 2.74. The molecule has 0 aliphatic carbocycles. The first kappa shape index (κ1) is 15.1. The summed E-state index contributed by atoms with van der Waals surface area (Å²) in [5, 5.41) is 9.49. The number of nitrogens with one attached hydrogen (secondary N) is 1. The number of thioether (sulfide) groups is 1. The van der Waals surface area contributed by atoms with Gasteiger partial charge in [-0.25, -0.2) is 4.68 Å². The first-order valence-electron chi connectivity index (χ1n) is 7.13. The lowest BCUT2D eigenvalue weighted by molar-refractivity contribution is 0.582. The molecule has 2 rings (SSSR count). The highest BCUT2D eigenvalue weighted by Crippen LogP contribution is 2.28. The molecule has 0 fully saturated rings. The lowest BCUT2D eigenvalue weighted by atomic mass is 10.2. The summed E-state index contributed by atoms with van der Waals surface area (Å²) in [6.45, 7) is 9.49. The molecular formula is C16H23N3S. The summed E-state index contributed by atoms with van der Waals surface area (Å²) in [4.78, 5) is 0. The Morgan fingerprint density at radius 1 is 1.25 bits per heavy atom. The summed E-state index contributed by atoms with van der Waals surface area (Å²) in [6, 6.07) is 10.8. The van der Waals surface area contributed by atoms with Gasteiger partial charge in [0.1, 0.15) is 5.03 Å². The van der Waals surface area contributed by atoms with E-state index < -0.39 is 0 Å². The first-order chi connectivity index (χ1) is 9.63. The standard InChI is InChI=1S/C16H23N3S/c1-5-20-16-15(11-17-12(2)3)13(4)18-19(16)14-9-7-6-8-10-14/h6-10,12,17H,5,11H2,1-4H3. The van der Waals surface area contributed by atoms with Crippen molar-refractivity contribution in [3.8, 4) is 5.69 Å². The molecule has 20 heavy (non-hydrogen) atoms. The summed E-state index contributed by atoms with van der Waals surface area (Å²) in [7, 11) is 0. The Balaban J connectivity index is 2.40. The van der Waals surface area contributed by atoms with Gasteiger partial charge in [-0.05, 0) is 24.8 Å². The van der Waals surface area contributed by atoms with Gasteiger partial charge in [0.15, 0.2) is 0 Å². The van der Waals surface area contributed by atoms with Gasteiger partial charge in [0.25, 0.3) is 0 Å². The van der Waals surface area contributed by atoms with Crippen LogP contribution in [0.2, 0.25) is 0 Å². The van der Waals surface area contributed by atoms with E-state index in [2.05, 4.69) is 62.0 Å². The molecule has 0 saturated carbocycles. The monoisotopic (exact) mass is 289 g/mol. The summed E-state index contributed by atoms with van der Waals surface area (Å²) in [5.74, 6) is 1.05. The maximum absolute atomic E-state index is 4.73. The van der Waals surface area contributed by atoms with Crippen LogP contribution in [0.25, 0.3) is 5.69 Å². The van der Waals surface area contributed by atoms with Crippen molar-refractivity contribution in [1.82, 2.24) is 15.1 Å². The lowest BCUT2D eigenvalue weighted by Gasteiger charge is -2.11. The zero-order valence-electron chi connectivity index (χ0n) is 12.7. The Hall–Kier alpha value is -1.26. The Bertz CT molecular complexity index is 546. The topological polar surface area (TPSA) is 29.9 Å². The maximum Gasteiger partial charge on any atom is 0.105 e. The molecule has 0 spiro atoms. The van der Waals surface area contributed by atoms with E-state index in [9.17, 15) is 0 Å². The van der Waals surface area contributed by atoms with Gasteiger partial charge in [-0.1, -0.05) is 39.0 Å². The normalized spacial score (nSPS) is 11.2. The molecule has 1 heterocycles. The quantitative estimate of drug-likeness (QED) is 0.821. The molecule has 4 heteroatoms. The third-order valence-electron chi connectivity index (χ3n) is 3.11. The summed E-state index contributed by atoms with van der Waals surface area (Å²) < 4.78 is 2.07. The fourth-order valence-corrected chi connectivity index (χ4v) is 3.01. The van der Waals surface area contributed by atoms with Crippen LogP contribution in [-0.4, -0.2) is 21.6 Å². The van der Waals surface area contributed by atoms with Crippen molar-refractivity contribution in [2.24, 2.45) is 0 Å². The molecular weight excluding hydrogens is 266 g/mol. The molecule has 0 atom stereocenters. The lowest BCUT2D eigenvalue weighted by Crippen LogP contribution is -2.22. The molecule has 0 saturated heterocycles. The largest absolute Gasteiger partial charge is 0.310 e.